The molecule has 0 spiro atoms. The van der Waals surface area contributed by atoms with Crippen LogP contribution in [0.2, 0.25) is 0 Å². The number of benzene rings is 1. The van der Waals surface area contributed by atoms with E-state index in [1.54, 1.807) is 0 Å². The van der Waals surface area contributed by atoms with Crippen LogP contribution in [0.3, 0.4) is 0 Å². The molecule has 3 rings (SSSR count). The summed E-state index contributed by atoms with van der Waals surface area (Å²) in [6.07, 6.45) is 5.17. The molecule has 0 saturated carbocycles. The maximum Gasteiger partial charge on any atom is 0.407 e. The molecule has 0 aliphatic carbocycles. The highest BCUT2D eigenvalue weighted by Crippen LogP contribution is 2.24. The lowest BCUT2D eigenvalue weighted by Crippen LogP contribution is -2.49. The number of carbonyl (C=O) groups excluding carboxylic acids is 1. The smallest absolute Gasteiger partial charge is 0.407 e. The van der Waals surface area contributed by atoms with Gasteiger partial charge in [-0.1, -0.05) is 30.3 Å². The largest absolute Gasteiger partial charge is 0.444 e. The summed E-state index contributed by atoms with van der Waals surface area (Å²) < 4.78 is 5.39. The molecule has 2 heterocycles. The van der Waals surface area contributed by atoms with E-state index in [2.05, 4.69) is 20.6 Å². The fraction of sp³-hybridized carbons (Fsp3) is 0.450. The average Bonchev–Trinajstić information content (AvgIpc) is 2.61. The SMILES string of the molecule is CC(C)(C)OC(=O)N[C@@H]1CCCNC1c1cnc(-c2ccccc2)nc1. The van der Waals surface area contributed by atoms with Crippen LogP contribution in [0.5, 0.6) is 0 Å². The van der Waals surface area contributed by atoms with Gasteiger partial charge in [-0.25, -0.2) is 14.8 Å². The molecular formula is C20H26N4O2. The third-order valence-corrected chi connectivity index (χ3v) is 4.22. The summed E-state index contributed by atoms with van der Waals surface area (Å²) >= 11 is 0. The third kappa shape index (κ3) is 4.79. The van der Waals surface area contributed by atoms with Crippen molar-refractivity contribution in [3.63, 3.8) is 0 Å². The van der Waals surface area contributed by atoms with E-state index in [0.717, 1.165) is 30.5 Å². The molecular weight excluding hydrogens is 328 g/mol. The fourth-order valence-electron chi connectivity index (χ4n) is 3.09. The lowest BCUT2D eigenvalue weighted by Gasteiger charge is -2.33. The second-order valence-electron chi connectivity index (χ2n) is 7.53. The van der Waals surface area contributed by atoms with Crippen molar-refractivity contribution >= 4 is 6.09 Å². The van der Waals surface area contributed by atoms with Gasteiger partial charge in [-0.2, -0.15) is 0 Å². The highest BCUT2D eigenvalue weighted by atomic mass is 16.6. The Labute approximate surface area is 154 Å². The Morgan fingerprint density at radius 3 is 2.54 bits per heavy atom. The summed E-state index contributed by atoms with van der Waals surface area (Å²) in [6.45, 7) is 6.48. The first-order valence-electron chi connectivity index (χ1n) is 9.03. The molecule has 2 aromatic rings. The molecule has 1 unspecified atom stereocenters. The summed E-state index contributed by atoms with van der Waals surface area (Å²) in [5, 5.41) is 6.45. The Hall–Kier alpha value is -2.47. The predicted molar refractivity (Wildman–Crippen MR) is 101 cm³/mol. The Morgan fingerprint density at radius 1 is 1.19 bits per heavy atom. The van der Waals surface area contributed by atoms with E-state index in [4.69, 9.17) is 4.74 Å². The summed E-state index contributed by atoms with van der Waals surface area (Å²) in [6, 6.07) is 9.80. The molecule has 2 atom stereocenters. The highest BCUT2D eigenvalue weighted by molar-refractivity contribution is 5.68. The zero-order chi connectivity index (χ0) is 18.6. The number of piperidine rings is 1. The van der Waals surface area contributed by atoms with Gasteiger partial charge < -0.3 is 15.4 Å². The third-order valence-electron chi connectivity index (χ3n) is 4.22. The number of amides is 1. The van der Waals surface area contributed by atoms with Crippen LogP contribution < -0.4 is 10.6 Å². The zero-order valence-electron chi connectivity index (χ0n) is 15.5. The maximum atomic E-state index is 12.2. The Balaban J connectivity index is 1.72. The number of nitrogens with zero attached hydrogens (tertiary/aromatic N) is 2. The molecule has 0 radical (unpaired) electrons. The lowest BCUT2D eigenvalue weighted by molar-refractivity contribution is 0.0481. The number of carbonyl (C=O) groups is 1. The van der Waals surface area contributed by atoms with Crippen LogP contribution in [0.15, 0.2) is 42.7 Å². The number of alkyl carbamates (subject to hydrolysis) is 1. The zero-order valence-corrected chi connectivity index (χ0v) is 15.5. The lowest BCUT2D eigenvalue weighted by atomic mass is 9.94. The van der Waals surface area contributed by atoms with Gasteiger partial charge in [0.15, 0.2) is 5.82 Å². The van der Waals surface area contributed by atoms with Gasteiger partial charge in [-0.3, -0.25) is 0 Å². The van der Waals surface area contributed by atoms with Gasteiger partial charge in [0, 0.05) is 23.5 Å². The minimum Gasteiger partial charge on any atom is -0.444 e. The van der Waals surface area contributed by atoms with E-state index < -0.39 is 11.7 Å². The van der Waals surface area contributed by atoms with Gasteiger partial charge in [-0.15, -0.1) is 0 Å². The van der Waals surface area contributed by atoms with Crippen molar-refractivity contribution in [1.29, 1.82) is 0 Å². The van der Waals surface area contributed by atoms with Crippen molar-refractivity contribution in [3.8, 4) is 11.4 Å². The number of hydrogen-bond acceptors (Lipinski definition) is 5. The van der Waals surface area contributed by atoms with Crippen LogP contribution in [-0.2, 0) is 4.74 Å². The summed E-state index contributed by atoms with van der Waals surface area (Å²) in [5.41, 5.74) is 1.44. The van der Waals surface area contributed by atoms with E-state index in [-0.39, 0.29) is 12.1 Å². The Bertz CT molecular complexity index is 726. The van der Waals surface area contributed by atoms with Crippen LogP contribution in [0.4, 0.5) is 4.79 Å². The van der Waals surface area contributed by atoms with Gasteiger partial charge in [0.1, 0.15) is 5.60 Å². The van der Waals surface area contributed by atoms with Crippen molar-refractivity contribution in [2.75, 3.05) is 6.54 Å². The van der Waals surface area contributed by atoms with Gasteiger partial charge in [0.25, 0.3) is 0 Å². The number of hydrogen-bond donors (Lipinski definition) is 2. The van der Waals surface area contributed by atoms with E-state index in [9.17, 15) is 4.79 Å². The minimum atomic E-state index is -0.512. The molecule has 138 valence electrons. The quantitative estimate of drug-likeness (QED) is 0.883. The first kappa shape index (κ1) is 18.3. The standard InChI is InChI=1S/C20H26N4O2/c1-20(2,3)26-19(25)24-16-10-7-11-21-17(16)15-12-22-18(23-13-15)14-8-5-4-6-9-14/h4-6,8-9,12-13,16-17,21H,7,10-11H2,1-3H3,(H,24,25)/t16-,17?/m1/s1. The van der Waals surface area contributed by atoms with E-state index in [1.165, 1.54) is 0 Å². The molecule has 2 N–H and O–H groups in total. The monoisotopic (exact) mass is 354 g/mol. The normalized spacial score (nSPS) is 20.4. The van der Waals surface area contributed by atoms with Crippen molar-refractivity contribution in [3.05, 3.63) is 48.3 Å². The van der Waals surface area contributed by atoms with Crippen LogP contribution in [0.25, 0.3) is 11.4 Å². The molecule has 1 saturated heterocycles. The predicted octanol–water partition coefficient (Wildman–Crippen LogP) is 3.46. The Morgan fingerprint density at radius 2 is 1.88 bits per heavy atom. The van der Waals surface area contributed by atoms with Crippen LogP contribution in [0, 0.1) is 0 Å². The van der Waals surface area contributed by atoms with Gasteiger partial charge in [0.05, 0.1) is 12.1 Å². The number of ether oxygens (including phenoxy) is 1. The molecule has 1 fully saturated rings. The van der Waals surface area contributed by atoms with Crippen molar-refractivity contribution in [1.82, 2.24) is 20.6 Å². The molecule has 0 bridgehead atoms. The second-order valence-corrected chi connectivity index (χ2v) is 7.53. The van der Waals surface area contributed by atoms with Crippen molar-refractivity contribution < 1.29 is 9.53 Å². The van der Waals surface area contributed by atoms with E-state index >= 15 is 0 Å². The van der Waals surface area contributed by atoms with Gasteiger partial charge in [-0.05, 0) is 40.2 Å². The van der Waals surface area contributed by atoms with E-state index in [0.29, 0.717) is 5.82 Å². The first-order chi connectivity index (χ1) is 12.4. The highest BCUT2D eigenvalue weighted by Gasteiger charge is 2.29. The van der Waals surface area contributed by atoms with Crippen molar-refractivity contribution in [2.45, 2.75) is 51.3 Å². The van der Waals surface area contributed by atoms with Crippen LogP contribution >= 0.6 is 0 Å². The molecule has 1 aliphatic heterocycles. The second kappa shape index (κ2) is 7.83. The summed E-state index contributed by atoms with van der Waals surface area (Å²) in [5.74, 6) is 0.696. The topological polar surface area (TPSA) is 76.1 Å². The van der Waals surface area contributed by atoms with Crippen LogP contribution in [0.1, 0.15) is 45.2 Å². The fourth-order valence-corrected chi connectivity index (χ4v) is 3.09. The van der Waals surface area contributed by atoms with Gasteiger partial charge >= 0.3 is 6.09 Å². The number of rotatable bonds is 3. The minimum absolute atomic E-state index is 0.0268. The van der Waals surface area contributed by atoms with Crippen LogP contribution in [-0.4, -0.2) is 34.2 Å². The maximum absolute atomic E-state index is 12.2. The molecule has 1 aromatic heterocycles. The summed E-state index contributed by atoms with van der Waals surface area (Å²) in [4.78, 5) is 21.2. The Kier molecular flexibility index (Phi) is 5.52. The average molecular weight is 354 g/mol. The number of aromatic nitrogens is 2. The molecule has 1 aromatic carbocycles. The van der Waals surface area contributed by atoms with E-state index in [1.807, 2.05) is 63.5 Å². The molecule has 26 heavy (non-hydrogen) atoms. The molecule has 1 amide bonds. The number of nitrogens with one attached hydrogen (secondary N) is 2. The molecule has 6 heteroatoms. The van der Waals surface area contributed by atoms with Gasteiger partial charge in [0.2, 0.25) is 0 Å². The summed E-state index contributed by atoms with van der Waals surface area (Å²) in [7, 11) is 0. The molecule has 1 aliphatic rings. The van der Waals surface area contributed by atoms with Crippen molar-refractivity contribution in [2.24, 2.45) is 0 Å². The first-order valence-corrected chi connectivity index (χ1v) is 9.03. The molecule has 6 nitrogen and oxygen atoms in total.